The first-order valence-electron chi connectivity index (χ1n) is 12.7. The van der Waals surface area contributed by atoms with Crippen molar-refractivity contribution in [2.45, 2.75) is 19.9 Å². The number of nitrogens with one attached hydrogen (secondary N) is 1. The van der Waals surface area contributed by atoms with E-state index in [1.54, 1.807) is 29.3 Å². The molecule has 0 bridgehead atoms. The molecule has 3 aromatic heterocycles. The molecular weight excluding hydrogens is 489 g/mol. The molecule has 0 unspecified atom stereocenters. The highest BCUT2D eigenvalue weighted by atomic mass is 19.1. The topological polar surface area (TPSA) is 73.5 Å². The summed E-state index contributed by atoms with van der Waals surface area (Å²) in [6, 6.07) is 28.8. The van der Waals surface area contributed by atoms with Crippen LogP contribution in [0.4, 0.5) is 15.9 Å². The molecule has 3 heterocycles. The molecule has 0 atom stereocenters. The number of nitrogens with zero attached hydrogens (tertiary/aromatic N) is 6. The highest BCUT2D eigenvalue weighted by Gasteiger charge is 2.16. The average molecular weight is 516 g/mol. The molecule has 0 saturated carbocycles. The van der Waals surface area contributed by atoms with Crippen LogP contribution < -0.4 is 5.32 Å². The summed E-state index contributed by atoms with van der Waals surface area (Å²) in [4.78, 5) is 8.71. The molecule has 8 heteroatoms. The molecule has 0 aliphatic rings. The van der Waals surface area contributed by atoms with Crippen LogP contribution in [0, 0.1) is 12.7 Å². The van der Waals surface area contributed by atoms with Crippen molar-refractivity contribution in [3.63, 3.8) is 0 Å². The maximum absolute atomic E-state index is 13.8. The van der Waals surface area contributed by atoms with Gasteiger partial charge in [0.15, 0.2) is 0 Å². The summed E-state index contributed by atoms with van der Waals surface area (Å²) in [5.41, 5.74) is 6.83. The maximum Gasteiger partial charge on any atom is 0.147 e. The van der Waals surface area contributed by atoms with Gasteiger partial charge in [-0.3, -0.25) is 4.68 Å². The molecule has 0 amide bonds. The number of halogens is 1. The van der Waals surface area contributed by atoms with Crippen molar-refractivity contribution < 1.29 is 4.39 Å². The molecule has 0 saturated heterocycles. The maximum atomic E-state index is 13.8. The van der Waals surface area contributed by atoms with Gasteiger partial charge in [-0.25, -0.2) is 19.0 Å². The summed E-state index contributed by atoms with van der Waals surface area (Å²) < 4.78 is 17.5. The summed E-state index contributed by atoms with van der Waals surface area (Å²) >= 11 is 0. The SMILES string of the molecule is Cc1ncn(-c2ccc(Nc3cc(-c4cnn(CCc5ccccc5)c4-c4ccc(F)cc4)ccn3)cc2)n1. The van der Waals surface area contributed by atoms with E-state index < -0.39 is 0 Å². The van der Waals surface area contributed by atoms with Crippen molar-refractivity contribution in [2.75, 3.05) is 5.32 Å². The zero-order valence-corrected chi connectivity index (χ0v) is 21.4. The van der Waals surface area contributed by atoms with Crippen LogP contribution in [0.15, 0.2) is 110 Å². The van der Waals surface area contributed by atoms with Gasteiger partial charge in [-0.2, -0.15) is 10.2 Å². The highest BCUT2D eigenvalue weighted by molar-refractivity contribution is 5.82. The Morgan fingerprint density at radius 3 is 2.38 bits per heavy atom. The van der Waals surface area contributed by atoms with Crippen molar-refractivity contribution in [2.24, 2.45) is 0 Å². The van der Waals surface area contributed by atoms with Crippen LogP contribution in [-0.2, 0) is 13.0 Å². The van der Waals surface area contributed by atoms with Crippen LogP contribution in [-0.4, -0.2) is 29.5 Å². The number of rotatable bonds is 8. The lowest BCUT2D eigenvalue weighted by Crippen LogP contribution is -2.05. The van der Waals surface area contributed by atoms with Gasteiger partial charge in [0.25, 0.3) is 0 Å². The van der Waals surface area contributed by atoms with Gasteiger partial charge in [-0.1, -0.05) is 30.3 Å². The lowest BCUT2D eigenvalue weighted by molar-refractivity contribution is 0.619. The minimum atomic E-state index is -0.268. The van der Waals surface area contributed by atoms with Crippen molar-refractivity contribution in [3.8, 4) is 28.1 Å². The number of aromatic nitrogens is 6. The standard InChI is InChI=1S/C31H26FN7/c1-22-34-21-39(37-22)28-13-11-27(12-14-28)36-30-19-25(15-17-33-30)29-20-35-38(18-16-23-5-3-2-4-6-23)31(29)24-7-9-26(32)10-8-24/h2-15,17,19-21H,16,18H2,1H3,(H,33,36). The van der Waals surface area contributed by atoms with Gasteiger partial charge in [0.2, 0.25) is 0 Å². The van der Waals surface area contributed by atoms with E-state index in [0.29, 0.717) is 12.4 Å². The Morgan fingerprint density at radius 2 is 1.64 bits per heavy atom. The second-order valence-electron chi connectivity index (χ2n) is 9.21. The van der Waals surface area contributed by atoms with Crippen LogP contribution >= 0.6 is 0 Å². The van der Waals surface area contributed by atoms with E-state index in [0.717, 1.165) is 46.0 Å². The van der Waals surface area contributed by atoms with E-state index in [1.807, 2.05) is 72.4 Å². The average Bonchev–Trinajstić information content (AvgIpc) is 3.60. The number of hydrogen-bond donors (Lipinski definition) is 1. The zero-order chi connectivity index (χ0) is 26.6. The van der Waals surface area contributed by atoms with Crippen molar-refractivity contribution >= 4 is 11.5 Å². The summed E-state index contributed by atoms with van der Waals surface area (Å²) in [5.74, 6) is 1.16. The molecule has 0 radical (unpaired) electrons. The minimum Gasteiger partial charge on any atom is -0.340 e. The quantitative estimate of drug-likeness (QED) is 0.246. The molecule has 6 aromatic rings. The summed E-state index contributed by atoms with van der Waals surface area (Å²) in [7, 11) is 0. The summed E-state index contributed by atoms with van der Waals surface area (Å²) in [6.45, 7) is 2.56. The first-order valence-corrected chi connectivity index (χ1v) is 12.7. The third kappa shape index (κ3) is 5.45. The van der Waals surface area contributed by atoms with Gasteiger partial charge < -0.3 is 5.32 Å². The number of hydrogen-bond acceptors (Lipinski definition) is 5. The molecule has 0 aliphatic carbocycles. The summed E-state index contributed by atoms with van der Waals surface area (Å²) in [5, 5.41) is 12.5. The molecule has 7 nitrogen and oxygen atoms in total. The van der Waals surface area contributed by atoms with Gasteiger partial charge in [0.1, 0.15) is 23.8 Å². The Labute approximate surface area is 225 Å². The third-order valence-corrected chi connectivity index (χ3v) is 6.49. The van der Waals surface area contributed by atoms with E-state index in [2.05, 4.69) is 32.5 Å². The molecule has 6 rings (SSSR count). The van der Waals surface area contributed by atoms with E-state index in [9.17, 15) is 4.39 Å². The second-order valence-corrected chi connectivity index (χ2v) is 9.21. The molecule has 3 aromatic carbocycles. The van der Waals surface area contributed by atoms with E-state index in [1.165, 1.54) is 17.7 Å². The molecule has 1 N–H and O–H groups in total. The predicted molar refractivity (Wildman–Crippen MR) is 150 cm³/mol. The fourth-order valence-corrected chi connectivity index (χ4v) is 4.54. The fourth-order valence-electron chi connectivity index (χ4n) is 4.54. The molecule has 0 spiro atoms. The van der Waals surface area contributed by atoms with Gasteiger partial charge in [-0.05, 0) is 85.1 Å². The van der Waals surface area contributed by atoms with Crippen LogP contribution in [0.25, 0.3) is 28.1 Å². The number of anilines is 2. The fraction of sp³-hybridized carbons (Fsp3) is 0.0968. The predicted octanol–water partition coefficient (Wildman–Crippen LogP) is 6.63. The lowest BCUT2D eigenvalue weighted by atomic mass is 10.0. The zero-order valence-electron chi connectivity index (χ0n) is 21.4. The van der Waals surface area contributed by atoms with Gasteiger partial charge in [0, 0.05) is 29.6 Å². The number of pyridine rings is 1. The van der Waals surface area contributed by atoms with E-state index >= 15 is 0 Å². The van der Waals surface area contributed by atoms with Gasteiger partial charge in [-0.15, -0.1) is 0 Å². The first kappa shape index (κ1) is 24.2. The third-order valence-electron chi connectivity index (χ3n) is 6.49. The lowest BCUT2D eigenvalue weighted by Gasteiger charge is -2.12. The van der Waals surface area contributed by atoms with Crippen LogP contribution in [0.1, 0.15) is 11.4 Å². The highest BCUT2D eigenvalue weighted by Crippen LogP contribution is 2.33. The van der Waals surface area contributed by atoms with Crippen molar-refractivity contribution in [1.29, 1.82) is 0 Å². The largest absolute Gasteiger partial charge is 0.340 e. The van der Waals surface area contributed by atoms with E-state index in [4.69, 9.17) is 5.10 Å². The molecule has 39 heavy (non-hydrogen) atoms. The Morgan fingerprint density at radius 1 is 0.846 bits per heavy atom. The second kappa shape index (κ2) is 10.7. The van der Waals surface area contributed by atoms with Crippen LogP contribution in [0.3, 0.4) is 0 Å². The Hall–Kier alpha value is -5.11. The van der Waals surface area contributed by atoms with Crippen molar-refractivity contribution in [1.82, 2.24) is 29.5 Å². The number of benzene rings is 3. The number of aryl methyl sites for hydroxylation is 3. The van der Waals surface area contributed by atoms with Crippen LogP contribution in [0.2, 0.25) is 0 Å². The summed E-state index contributed by atoms with van der Waals surface area (Å²) in [6.07, 6.45) is 6.18. The van der Waals surface area contributed by atoms with Crippen LogP contribution in [0.5, 0.6) is 0 Å². The Bertz CT molecular complexity index is 1690. The minimum absolute atomic E-state index is 0.268. The van der Waals surface area contributed by atoms with Gasteiger partial charge >= 0.3 is 0 Å². The Kier molecular flexibility index (Phi) is 6.66. The molecule has 192 valence electrons. The van der Waals surface area contributed by atoms with E-state index in [-0.39, 0.29) is 5.82 Å². The van der Waals surface area contributed by atoms with Crippen molar-refractivity contribution in [3.05, 3.63) is 127 Å². The molecule has 0 fully saturated rings. The smallest absolute Gasteiger partial charge is 0.147 e. The molecule has 0 aliphatic heterocycles. The van der Waals surface area contributed by atoms with Gasteiger partial charge in [0.05, 0.1) is 17.6 Å². The normalized spacial score (nSPS) is 11.0. The molecular formula is C31H26FN7. The monoisotopic (exact) mass is 515 g/mol. The first-order chi connectivity index (χ1) is 19.1. The Balaban J connectivity index is 1.29.